The summed E-state index contributed by atoms with van der Waals surface area (Å²) in [5, 5.41) is 3.81. The second kappa shape index (κ2) is 12.0. The van der Waals surface area contributed by atoms with Crippen LogP contribution in [-0.2, 0) is 20.4 Å². The van der Waals surface area contributed by atoms with Crippen molar-refractivity contribution in [3.05, 3.63) is 60.3 Å². The summed E-state index contributed by atoms with van der Waals surface area (Å²) in [6, 6.07) is 11.8. The highest BCUT2D eigenvalue weighted by Crippen LogP contribution is 2.44. The van der Waals surface area contributed by atoms with E-state index in [1.807, 2.05) is 43.3 Å². The van der Waals surface area contributed by atoms with Crippen LogP contribution in [0, 0.1) is 11.8 Å². The van der Waals surface area contributed by atoms with Crippen LogP contribution in [0.4, 0.5) is 5.69 Å². The Morgan fingerprint density at radius 1 is 1.19 bits per heavy atom. The number of nitrogens with one attached hydrogen (secondary N) is 1. The lowest BCUT2D eigenvalue weighted by atomic mass is 9.75. The van der Waals surface area contributed by atoms with Gasteiger partial charge in [0.15, 0.2) is 0 Å². The van der Waals surface area contributed by atoms with Crippen LogP contribution >= 0.6 is 0 Å². The van der Waals surface area contributed by atoms with Crippen LogP contribution in [0.2, 0.25) is 18.1 Å². The highest BCUT2D eigenvalue weighted by molar-refractivity contribution is 6.74. The molecule has 3 atom stereocenters. The number of carbonyl (C=O) groups excluding carboxylic acids is 1. The van der Waals surface area contributed by atoms with Crippen LogP contribution in [0.15, 0.2) is 58.9 Å². The lowest BCUT2D eigenvalue weighted by molar-refractivity contribution is -0.144. The van der Waals surface area contributed by atoms with Gasteiger partial charge < -0.3 is 23.6 Å². The molecule has 0 saturated carbocycles. The minimum atomic E-state index is -2.11. The van der Waals surface area contributed by atoms with Crippen LogP contribution in [0.25, 0.3) is 0 Å². The first-order chi connectivity index (χ1) is 17.1. The second-order valence-corrected chi connectivity index (χ2v) is 15.8. The third kappa shape index (κ3) is 6.96. The predicted molar refractivity (Wildman–Crippen MR) is 147 cm³/mol. The van der Waals surface area contributed by atoms with Crippen molar-refractivity contribution >= 4 is 20.0 Å². The number of carbonyl (C=O) groups is 1. The van der Waals surface area contributed by atoms with Crippen molar-refractivity contribution < 1.29 is 23.1 Å². The normalized spacial score (nSPS) is 19.2. The standard InChI is InChI=1S/C29H43NO5Si/c1-8-33-27(31)19-21-13-11-17-26(35-36(6,7)29(2,3)4)28(21)24(20-22-14-12-18-34-22)30-23-15-9-10-16-25(23)32-5/h9-10,12,14-18,21,24,28,30H,8,11,13,19-20H2,1-7H3/t21-,24-,28+/m1/s1. The Kier molecular flexibility index (Phi) is 9.34. The van der Waals surface area contributed by atoms with E-state index in [4.69, 9.17) is 18.3 Å². The number of ether oxygens (including phenoxy) is 2. The van der Waals surface area contributed by atoms with Gasteiger partial charge in [0.05, 0.1) is 31.4 Å². The summed E-state index contributed by atoms with van der Waals surface area (Å²) >= 11 is 0. The van der Waals surface area contributed by atoms with Gasteiger partial charge in [-0.15, -0.1) is 0 Å². The number of rotatable bonds is 11. The Hall–Kier alpha value is -2.67. The summed E-state index contributed by atoms with van der Waals surface area (Å²) in [5.41, 5.74) is 0.906. The SMILES string of the molecule is CCOC(=O)C[C@H]1CCC=C(O[Si](C)(C)C(C)(C)C)[C@@H]1[C@@H](Cc1ccco1)Nc1ccccc1OC. The monoisotopic (exact) mass is 513 g/mol. The van der Waals surface area contributed by atoms with Crippen LogP contribution in [0.1, 0.15) is 52.7 Å². The Morgan fingerprint density at radius 2 is 1.94 bits per heavy atom. The van der Waals surface area contributed by atoms with Gasteiger partial charge in [-0.25, -0.2) is 0 Å². The molecule has 1 heterocycles. The van der Waals surface area contributed by atoms with Gasteiger partial charge in [0.1, 0.15) is 11.5 Å². The smallest absolute Gasteiger partial charge is 0.306 e. The summed E-state index contributed by atoms with van der Waals surface area (Å²) in [5.74, 6) is 2.53. The first-order valence-electron chi connectivity index (χ1n) is 13.0. The quantitative estimate of drug-likeness (QED) is 0.253. The number of benzene rings is 1. The maximum absolute atomic E-state index is 12.7. The van der Waals surface area contributed by atoms with E-state index in [1.54, 1.807) is 13.4 Å². The molecule has 6 nitrogen and oxygen atoms in total. The Balaban J connectivity index is 2.04. The van der Waals surface area contributed by atoms with E-state index >= 15 is 0 Å². The number of hydrogen-bond donors (Lipinski definition) is 1. The zero-order chi connectivity index (χ0) is 26.3. The largest absolute Gasteiger partial charge is 0.546 e. The summed E-state index contributed by atoms with van der Waals surface area (Å²) in [6.07, 6.45) is 6.73. The molecule has 0 aliphatic heterocycles. The number of allylic oxidation sites excluding steroid dienone is 1. The molecule has 1 aliphatic carbocycles. The molecule has 3 rings (SSSR count). The molecule has 7 heteroatoms. The highest BCUT2D eigenvalue weighted by atomic mass is 28.4. The molecule has 0 amide bonds. The highest BCUT2D eigenvalue weighted by Gasteiger charge is 2.44. The number of anilines is 1. The molecule has 1 aliphatic rings. The van der Waals surface area contributed by atoms with Crippen molar-refractivity contribution in [1.82, 2.24) is 0 Å². The van der Waals surface area contributed by atoms with Crippen LogP contribution < -0.4 is 10.1 Å². The van der Waals surface area contributed by atoms with Crippen LogP contribution in [-0.4, -0.2) is 34.0 Å². The van der Waals surface area contributed by atoms with Crippen molar-refractivity contribution in [1.29, 1.82) is 0 Å². The Morgan fingerprint density at radius 3 is 2.58 bits per heavy atom. The molecule has 0 saturated heterocycles. The average Bonchev–Trinajstić information content (AvgIpc) is 3.31. The van der Waals surface area contributed by atoms with E-state index in [0.29, 0.717) is 19.4 Å². The molecule has 1 aromatic heterocycles. The molecular weight excluding hydrogens is 470 g/mol. The van der Waals surface area contributed by atoms with Gasteiger partial charge in [0.2, 0.25) is 8.32 Å². The van der Waals surface area contributed by atoms with E-state index in [1.165, 1.54) is 0 Å². The van der Waals surface area contributed by atoms with Gasteiger partial charge in [-0.05, 0) is 74.2 Å². The molecule has 0 unspecified atom stereocenters. The Labute approximate surface area is 217 Å². The van der Waals surface area contributed by atoms with Gasteiger partial charge in [-0.3, -0.25) is 4.79 Å². The maximum atomic E-state index is 12.7. The van der Waals surface area contributed by atoms with Crippen molar-refractivity contribution in [2.45, 2.75) is 77.6 Å². The zero-order valence-electron chi connectivity index (χ0n) is 22.9. The lowest BCUT2D eigenvalue weighted by Gasteiger charge is -2.44. The third-order valence-electron chi connectivity index (χ3n) is 7.52. The number of methoxy groups -OCH3 is 1. The molecule has 0 bridgehead atoms. The fourth-order valence-corrected chi connectivity index (χ4v) is 5.73. The molecule has 0 radical (unpaired) electrons. The minimum Gasteiger partial charge on any atom is -0.546 e. The molecule has 0 spiro atoms. The van der Waals surface area contributed by atoms with E-state index in [9.17, 15) is 4.79 Å². The topological polar surface area (TPSA) is 69.9 Å². The lowest BCUT2D eigenvalue weighted by Crippen LogP contribution is -2.46. The van der Waals surface area contributed by atoms with Crippen LogP contribution in [0.3, 0.4) is 0 Å². The summed E-state index contributed by atoms with van der Waals surface area (Å²) in [4.78, 5) is 12.7. The molecule has 1 N–H and O–H groups in total. The van der Waals surface area contributed by atoms with Gasteiger partial charge >= 0.3 is 5.97 Å². The van der Waals surface area contributed by atoms with E-state index in [2.05, 4.69) is 45.3 Å². The molecule has 1 aromatic carbocycles. The maximum Gasteiger partial charge on any atom is 0.306 e. The van der Waals surface area contributed by atoms with Gasteiger partial charge in [0.25, 0.3) is 0 Å². The number of hydrogen-bond acceptors (Lipinski definition) is 6. The molecule has 2 aromatic rings. The van der Waals surface area contributed by atoms with E-state index < -0.39 is 8.32 Å². The molecule has 36 heavy (non-hydrogen) atoms. The minimum absolute atomic E-state index is 0.0349. The summed E-state index contributed by atoms with van der Waals surface area (Å²) in [7, 11) is -0.435. The number of furan rings is 1. The van der Waals surface area contributed by atoms with E-state index in [0.717, 1.165) is 35.8 Å². The first kappa shape index (κ1) is 27.9. The summed E-state index contributed by atoms with van der Waals surface area (Å²) in [6.45, 7) is 13.5. The van der Waals surface area contributed by atoms with Crippen molar-refractivity contribution in [3.63, 3.8) is 0 Å². The fraction of sp³-hybridized carbons (Fsp3) is 0.552. The van der Waals surface area contributed by atoms with Crippen molar-refractivity contribution in [2.24, 2.45) is 11.8 Å². The molecule has 198 valence electrons. The van der Waals surface area contributed by atoms with Gasteiger partial charge in [-0.1, -0.05) is 32.9 Å². The third-order valence-corrected chi connectivity index (χ3v) is 11.9. The Bertz CT molecular complexity index is 1010. The van der Waals surface area contributed by atoms with Crippen LogP contribution in [0.5, 0.6) is 5.75 Å². The zero-order valence-corrected chi connectivity index (χ0v) is 23.9. The average molecular weight is 514 g/mol. The van der Waals surface area contributed by atoms with Gasteiger partial charge in [0, 0.05) is 24.8 Å². The number of para-hydroxylation sites is 2. The van der Waals surface area contributed by atoms with E-state index in [-0.39, 0.29) is 28.9 Å². The number of esters is 1. The van der Waals surface area contributed by atoms with Crippen molar-refractivity contribution in [3.8, 4) is 5.75 Å². The molecule has 0 fully saturated rings. The van der Waals surface area contributed by atoms with Gasteiger partial charge in [-0.2, -0.15) is 0 Å². The first-order valence-corrected chi connectivity index (χ1v) is 15.9. The predicted octanol–water partition coefficient (Wildman–Crippen LogP) is 7.20. The second-order valence-electron chi connectivity index (χ2n) is 11.1. The summed E-state index contributed by atoms with van der Waals surface area (Å²) < 4.78 is 23.8. The fourth-order valence-electron chi connectivity index (χ4n) is 4.61. The van der Waals surface area contributed by atoms with Crippen molar-refractivity contribution in [2.75, 3.05) is 19.0 Å². The molecular formula is C29H43NO5Si.